The third-order valence-electron chi connectivity index (χ3n) is 2.84. The highest BCUT2D eigenvalue weighted by atomic mass is 35.5. The molecule has 0 aromatic heterocycles. The van der Waals surface area contributed by atoms with Crippen LogP contribution in [0.5, 0.6) is 0 Å². The van der Waals surface area contributed by atoms with E-state index in [1.165, 1.54) is 19.1 Å². The van der Waals surface area contributed by atoms with Crippen LogP contribution >= 0.6 is 12.4 Å². The maximum absolute atomic E-state index is 12.3. The Hall–Kier alpha value is -1.63. The lowest BCUT2D eigenvalue weighted by Gasteiger charge is -2.21. The van der Waals surface area contributed by atoms with Crippen LogP contribution < -0.4 is 5.73 Å². The van der Waals surface area contributed by atoms with Gasteiger partial charge < -0.3 is 20.1 Å². The molecule has 0 aliphatic heterocycles. The lowest BCUT2D eigenvalue weighted by atomic mass is 10.1. The Kier molecular flexibility index (Phi) is 9.36. The molecular formula is C14H21ClN2O4. The molecule has 0 bridgehead atoms. The molecule has 21 heavy (non-hydrogen) atoms. The number of nitrogens with two attached hydrogens (primary N) is 1. The highest BCUT2D eigenvalue weighted by molar-refractivity contribution is 5.96. The van der Waals surface area contributed by atoms with Crippen LogP contribution in [0.4, 0.5) is 0 Å². The van der Waals surface area contributed by atoms with Crippen molar-refractivity contribution in [3.8, 4) is 0 Å². The monoisotopic (exact) mass is 316 g/mol. The summed E-state index contributed by atoms with van der Waals surface area (Å²) >= 11 is 0. The van der Waals surface area contributed by atoms with Gasteiger partial charge in [-0.2, -0.15) is 0 Å². The molecular weight excluding hydrogens is 296 g/mol. The fraction of sp³-hybridized carbons (Fsp3) is 0.429. The average molecular weight is 317 g/mol. The van der Waals surface area contributed by atoms with E-state index < -0.39 is 5.97 Å². The summed E-state index contributed by atoms with van der Waals surface area (Å²) in [4.78, 5) is 25.1. The van der Waals surface area contributed by atoms with E-state index in [9.17, 15) is 9.59 Å². The molecule has 1 aromatic rings. The van der Waals surface area contributed by atoms with Crippen LogP contribution in [0.1, 0.15) is 15.9 Å². The molecule has 1 aromatic carbocycles. The van der Waals surface area contributed by atoms with E-state index in [1.54, 1.807) is 24.3 Å². The van der Waals surface area contributed by atoms with Gasteiger partial charge in [-0.1, -0.05) is 12.1 Å². The topological polar surface area (TPSA) is 81.9 Å². The molecule has 0 heterocycles. The summed E-state index contributed by atoms with van der Waals surface area (Å²) in [5.74, 6) is -0.705. The lowest BCUT2D eigenvalue weighted by molar-refractivity contribution is -0.141. The minimum Gasteiger partial charge on any atom is -0.468 e. The van der Waals surface area contributed by atoms with Crippen LogP contribution in [-0.2, 0) is 20.8 Å². The number of hydrogen-bond acceptors (Lipinski definition) is 5. The van der Waals surface area contributed by atoms with E-state index in [1.807, 2.05) is 0 Å². The minimum atomic E-state index is -0.465. The Balaban J connectivity index is 0.00000400. The highest BCUT2D eigenvalue weighted by Crippen LogP contribution is 2.08. The standard InChI is InChI=1S/C14H20N2O4.ClH/c1-19-8-7-16(10-13(17)20-2)14(18)12-5-3-11(9-15)4-6-12;/h3-6H,7-10,15H2,1-2H3;1H. The van der Waals surface area contributed by atoms with Crippen molar-refractivity contribution in [3.63, 3.8) is 0 Å². The maximum Gasteiger partial charge on any atom is 0.325 e. The summed E-state index contributed by atoms with van der Waals surface area (Å²) in [7, 11) is 2.83. The molecule has 1 amide bonds. The van der Waals surface area contributed by atoms with Crippen molar-refractivity contribution in [2.24, 2.45) is 5.73 Å². The summed E-state index contributed by atoms with van der Waals surface area (Å²) in [5, 5.41) is 0. The normalized spacial score (nSPS) is 9.67. The zero-order chi connectivity index (χ0) is 15.0. The SMILES string of the molecule is COCCN(CC(=O)OC)C(=O)c1ccc(CN)cc1.Cl. The zero-order valence-electron chi connectivity index (χ0n) is 12.2. The molecule has 6 nitrogen and oxygen atoms in total. The molecule has 1 rings (SSSR count). The summed E-state index contributed by atoms with van der Waals surface area (Å²) in [6, 6.07) is 6.98. The summed E-state index contributed by atoms with van der Waals surface area (Å²) in [6.45, 7) is 0.994. The van der Waals surface area contributed by atoms with E-state index in [4.69, 9.17) is 10.5 Å². The first-order chi connectivity index (χ1) is 9.62. The number of methoxy groups -OCH3 is 2. The van der Waals surface area contributed by atoms with Crippen LogP contribution in [0.15, 0.2) is 24.3 Å². The maximum atomic E-state index is 12.3. The van der Waals surface area contributed by atoms with Gasteiger partial charge in [0.05, 0.1) is 13.7 Å². The van der Waals surface area contributed by atoms with Crippen molar-refractivity contribution in [2.45, 2.75) is 6.54 Å². The quantitative estimate of drug-likeness (QED) is 0.753. The summed E-state index contributed by atoms with van der Waals surface area (Å²) in [5.41, 5.74) is 6.96. The Morgan fingerprint density at radius 1 is 1.19 bits per heavy atom. The van der Waals surface area contributed by atoms with Gasteiger partial charge in [0, 0.05) is 25.8 Å². The number of nitrogens with zero attached hydrogens (tertiary/aromatic N) is 1. The predicted octanol–water partition coefficient (Wildman–Crippen LogP) is 0.829. The number of ether oxygens (including phenoxy) is 2. The Bertz CT molecular complexity index is 451. The van der Waals surface area contributed by atoms with E-state index in [2.05, 4.69) is 4.74 Å². The molecule has 0 saturated heterocycles. The Morgan fingerprint density at radius 2 is 1.81 bits per heavy atom. The molecule has 0 radical (unpaired) electrons. The summed E-state index contributed by atoms with van der Waals surface area (Å²) < 4.78 is 9.54. The number of hydrogen-bond donors (Lipinski definition) is 1. The van der Waals surface area contributed by atoms with Crippen molar-refractivity contribution in [2.75, 3.05) is 33.9 Å². The average Bonchev–Trinajstić information content (AvgIpc) is 2.50. The molecule has 2 N–H and O–H groups in total. The highest BCUT2D eigenvalue weighted by Gasteiger charge is 2.18. The van der Waals surface area contributed by atoms with E-state index in [0.29, 0.717) is 25.3 Å². The molecule has 0 unspecified atom stereocenters. The molecule has 0 spiro atoms. The third-order valence-corrected chi connectivity index (χ3v) is 2.84. The number of rotatable bonds is 7. The van der Waals surface area contributed by atoms with Crippen molar-refractivity contribution in [1.29, 1.82) is 0 Å². The van der Waals surface area contributed by atoms with Crippen molar-refractivity contribution < 1.29 is 19.1 Å². The smallest absolute Gasteiger partial charge is 0.325 e. The van der Waals surface area contributed by atoms with Crippen LogP contribution in [-0.4, -0.2) is 50.7 Å². The first-order valence-corrected chi connectivity index (χ1v) is 6.26. The Morgan fingerprint density at radius 3 is 2.29 bits per heavy atom. The van der Waals surface area contributed by atoms with Crippen LogP contribution in [0.3, 0.4) is 0 Å². The number of benzene rings is 1. The molecule has 0 aliphatic rings. The van der Waals surface area contributed by atoms with Crippen LogP contribution in [0, 0.1) is 0 Å². The molecule has 0 atom stereocenters. The van der Waals surface area contributed by atoms with Gasteiger partial charge >= 0.3 is 5.97 Å². The van der Waals surface area contributed by atoms with Crippen LogP contribution in [0.25, 0.3) is 0 Å². The van der Waals surface area contributed by atoms with Gasteiger partial charge in [0.25, 0.3) is 5.91 Å². The van der Waals surface area contributed by atoms with Crippen molar-refractivity contribution >= 4 is 24.3 Å². The second-order valence-corrected chi connectivity index (χ2v) is 4.20. The second-order valence-electron chi connectivity index (χ2n) is 4.20. The number of amides is 1. The van der Waals surface area contributed by atoms with Crippen LogP contribution in [0.2, 0.25) is 0 Å². The van der Waals surface area contributed by atoms with Gasteiger partial charge in [0.15, 0.2) is 0 Å². The second kappa shape index (κ2) is 10.1. The number of halogens is 1. The molecule has 118 valence electrons. The van der Waals surface area contributed by atoms with Gasteiger partial charge in [-0.25, -0.2) is 0 Å². The molecule has 7 heteroatoms. The number of esters is 1. The summed E-state index contributed by atoms with van der Waals surface area (Å²) in [6.07, 6.45) is 0. The zero-order valence-corrected chi connectivity index (χ0v) is 13.0. The largest absolute Gasteiger partial charge is 0.468 e. The van der Waals surface area contributed by atoms with Gasteiger partial charge in [-0.05, 0) is 17.7 Å². The fourth-order valence-electron chi connectivity index (χ4n) is 1.64. The number of carbonyl (C=O) groups is 2. The van der Waals surface area contributed by atoms with Gasteiger partial charge in [-0.3, -0.25) is 9.59 Å². The molecule has 0 fully saturated rings. The van der Waals surface area contributed by atoms with E-state index in [-0.39, 0.29) is 24.9 Å². The first-order valence-electron chi connectivity index (χ1n) is 6.26. The van der Waals surface area contributed by atoms with Gasteiger partial charge in [-0.15, -0.1) is 12.4 Å². The molecule has 0 saturated carbocycles. The first kappa shape index (κ1) is 19.4. The van der Waals surface area contributed by atoms with Crippen molar-refractivity contribution in [3.05, 3.63) is 35.4 Å². The predicted molar refractivity (Wildman–Crippen MR) is 81.4 cm³/mol. The Labute approximate surface area is 130 Å². The fourth-order valence-corrected chi connectivity index (χ4v) is 1.64. The van der Waals surface area contributed by atoms with E-state index >= 15 is 0 Å². The minimum absolute atomic E-state index is 0. The molecule has 0 aliphatic carbocycles. The van der Waals surface area contributed by atoms with Crippen molar-refractivity contribution in [1.82, 2.24) is 4.90 Å². The number of carbonyl (C=O) groups excluding carboxylic acids is 2. The van der Waals surface area contributed by atoms with Gasteiger partial charge in [0.1, 0.15) is 6.54 Å². The van der Waals surface area contributed by atoms with Gasteiger partial charge in [0.2, 0.25) is 0 Å². The third kappa shape index (κ3) is 6.12. The van der Waals surface area contributed by atoms with E-state index in [0.717, 1.165) is 5.56 Å². The lowest BCUT2D eigenvalue weighted by Crippen LogP contribution is -2.38.